The molecule has 0 saturated carbocycles. The smallest absolute Gasteiger partial charge is 0.155 e. The molecule has 0 bridgehead atoms. The Bertz CT molecular complexity index is 837. The predicted molar refractivity (Wildman–Crippen MR) is 91.4 cm³/mol. The van der Waals surface area contributed by atoms with Gasteiger partial charge >= 0.3 is 0 Å². The summed E-state index contributed by atoms with van der Waals surface area (Å²) in [6.07, 6.45) is 1.39. The summed E-state index contributed by atoms with van der Waals surface area (Å²) in [5.41, 5.74) is 7.22. The second-order valence-electron chi connectivity index (χ2n) is 5.32. The third kappa shape index (κ3) is 3.12. The molecular formula is C19H19FN2O. The third-order valence-electron chi connectivity index (χ3n) is 3.78. The molecule has 3 nitrogen and oxygen atoms in total. The number of nitrogens with two attached hydrogens (primary N) is 1. The molecule has 0 unspecified atom stereocenters. The van der Waals surface area contributed by atoms with Crippen molar-refractivity contribution in [3.05, 3.63) is 72.2 Å². The van der Waals surface area contributed by atoms with Gasteiger partial charge in [-0.1, -0.05) is 30.3 Å². The van der Waals surface area contributed by atoms with Crippen LogP contribution in [0.2, 0.25) is 0 Å². The van der Waals surface area contributed by atoms with E-state index in [1.54, 1.807) is 0 Å². The molecule has 3 aromatic rings. The van der Waals surface area contributed by atoms with Crippen LogP contribution in [-0.2, 0) is 6.54 Å². The zero-order valence-corrected chi connectivity index (χ0v) is 13.0. The van der Waals surface area contributed by atoms with Gasteiger partial charge in [-0.05, 0) is 37.3 Å². The lowest BCUT2D eigenvalue weighted by molar-refractivity contribution is 0.477. The lowest BCUT2D eigenvalue weighted by atomic mass is 10.2. The molecule has 0 aliphatic rings. The van der Waals surface area contributed by atoms with Crippen molar-refractivity contribution in [2.75, 3.05) is 6.54 Å². The standard InChI is InChI=1S/C19H19FN2O/c1-14-19(23-16-7-3-2-4-8-16)17-9-5-6-10-18(17)22(14)13-15(20)11-12-21/h2-11H,12-13,21H2,1H3/b15-11-. The van der Waals surface area contributed by atoms with Crippen molar-refractivity contribution < 1.29 is 9.13 Å². The predicted octanol–water partition coefficient (Wildman–Crippen LogP) is 4.55. The summed E-state index contributed by atoms with van der Waals surface area (Å²) in [4.78, 5) is 0. The first-order valence-electron chi connectivity index (χ1n) is 7.56. The Balaban J connectivity index is 2.08. The first kappa shape index (κ1) is 15.3. The zero-order chi connectivity index (χ0) is 16.2. The Morgan fingerprint density at radius 1 is 1.13 bits per heavy atom. The lowest BCUT2D eigenvalue weighted by Gasteiger charge is -2.08. The highest BCUT2D eigenvalue weighted by atomic mass is 19.1. The molecule has 1 aromatic heterocycles. The normalized spacial score (nSPS) is 11.9. The molecule has 0 amide bonds. The molecule has 0 fully saturated rings. The maximum absolute atomic E-state index is 14.0. The fraction of sp³-hybridized carbons (Fsp3) is 0.158. The van der Waals surface area contributed by atoms with Crippen LogP contribution in [0.3, 0.4) is 0 Å². The number of halogens is 1. The summed E-state index contributed by atoms with van der Waals surface area (Å²) >= 11 is 0. The van der Waals surface area contributed by atoms with Crippen LogP contribution in [0.5, 0.6) is 11.5 Å². The molecule has 0 atom stereocenters. The van der Waals surface area contributed by atoms with Crippen molar-refractivity contribution in [3.8, 4) is 11.5 Å². The molecule has 0 radical (unpaired) electrons. The van der Waals surface area contributed by atoms with E-state index in [2.05, 4.69) is 0 Å². The van der Waals surface area contributed by atoms with Crippen molar-refractivity contribution in [1.29, 1.82) is 0 Å². The van der Waals surface area contributed by atoms with E-state index >= 15 is 0 Å². The van der Waals surface area contributed by atoms with Crippen molar-refractivity contribution >= 4 is 10.9 Å². The molecule has 2 N–H and O–H groups in total. The number of ether oxygens (including phenoxy) is 1. The first-order chi connectivity index (χ1) is 11.2. The summed E-state index contributed by atoms with van der Waals surface area (Å²) in [5, 5.41) is 0.967. The van der Waals surface area contributed by atoms with Gasteiger partial charge in [-0.3, -0.25) is 0 Å². The summed E-state index contributed by atoms with van der Waals surface area (Å²) < 4.78 is 21.9. The van der Waals surface area contributed by atoms with Crippen molar-refractivity contribution in [2.45, 2.75) is 13.5 Å². The summed E-state index contributed by atoms with van der Waals surface area (Å²) in [6.45, 7) is 2.28. The molecule has 23 heavy (non-hydrogen) atoms. The number of rotatable bonds is 5. The van der Waals surface area contributed by atoms with Gasteiger partial charge in [0.05, 0.1) is 17.8 Å². The SMILES string of the molecule is Cc1c(Oc2ccccc2)c2ccccc2n1C/C(F)=C/CN. The maximum atomic E-state index is 14.0. The Kier molecular flexibility index (Phi) is 4.44. The van der Waals surface area contributed by atoms with Crippen LogP contribution in [0.1, 0.15) is 5.69 Å². The quantitative estimate of drug-likeness (QED) is 0.751. The minimum absolute atomic E-state index is 0.154. The molecule has 0 aliphatic carbocycles. The van der Waals surface area contributed by atoms with Crippen molar-refractivity contribution in [1.82, 2.24) is 4.57 Å². The number of aromatic nitrogens is 1. The highest BCUT2D eigenvalue weighted by Crippen LogP contribution is 2.36. The van der Waals surface area contributed by atoms with Crippen LogP contribution in [0.25, 0.3) is 10.9 Å². The summed E-state index contributed by atoms with van der Waals surface area (Å²) in [5.74, 6) is 1.27. The van der Waals surface area contributed by atoms with Crippen LogP contribution < -0.4 is 10.5 Å². The van der Waals surface area contributed by atoms with E-state index in [9.17, 15) is 4.39 Å². The van der Waals surface area contributed by atoms with E-state index < -0.39 is 0 Å². The zero-order valence-electron chi connectivity index (χ0n) is 13.0. The summed E-state index contributed by atoms with van der Waals surface area (Å²) in [6, 6.07) is 17.4. The van der Waals surface area contributed by atoms with E-state index in [-0.39, 0.29) is 18.9 Å². The first-order valence-corrected chi connectivity index (χ1v) is 7.56. The highest BCUT2D eigenvalue weighted by Gasteiger charge is 2.16. The van der Waals surface area contributed by atoms with Crippen molar-refractivity contribution in [2.24, 2.45) is 5.73 Å². The van der Waals surface area contributed by atoms with Crippen LogP contribution >= 0.6 is 0 Å². The minimum Gasteiger partial charge on any atom is -0.455 e. The van der Waals surface area contributed by atoms with Gasteiger partial charge in [-0.25, -0.2) is 4.39 Å². The third-order valence-corrected chi connectivity index (χ3v) is 3.78. The average molecular weight is 310 g/mol. The van der Waals surface area contributed by atoms with Gasteiger partial charge in [0, 0.05) is 11.9 Å². The number of hydrogen-bond donors (Lipinski definition) is 1. The second kappa shape index (κ2) is 6.67. The average Bonchev–Trinajstić information content (AvgIpc) is 2.82. The highest BCUT2D eigenvalue weighted by molar-refractivity contribution is 5.89. The number of nitrogens with zero attached hydrogens (tertiary/aromatic N) is 1. The van der Waals surface area contributed by atoms with Gasteiger partial charge in [0.25, 0.3) is 0 Å². The summed E-state index contributed by atoms with van der Waals surface area (Å²) in [7, 11) is 0. The molecule has 2 aromatic carbocycles. The molecular weight excluding hydrogens is 291 g/mol. The van der Waals surface area contributed by atoms with Crippen LogP contribution in [-0.4, -0.2) is 11.1 Å². The van der Waals surface area contributed by atoms with E-state index in [0.29, 0.717) is 0 Å². The molecule has 4 heteroatoms. The van der Waals surface area contributed by atoms with Crippen LogP contribution in [0.4, 0.5) is 4.39 Å². The Labute approximate surface area is 134 Å². The van der Waals surface area contributed by atoms with Gasteiger partial charge in [-0.2, -0.15) is 0 Å². The van der Waals surface area contributed by atoms with Gasteiger partial charge < -0.3 is 15.0 Å². The number of benzene rings is 2. The largest absolute Gasteiger partial charge is 0.455 e. The van der Waals surface area contributed by atoms with E-state index in [1.165, 1.54) is 6.08 Å². The molecule has 0 spiro atoms. The lowest BCUT2D eigenvalue weighted by Crippen LogP contribution is -2.03. The van der Waals surface area contributed by atoms with E-state index in [4.69, 9.17) is 10.5 Å². The number of fused-ring (bicyclic) bond motifs is 1. The molecule has 118 valence electrons. The second-order valence-corrected chi connectivity index (χ2v) is 5.32. The maximum Gasteiger partial charge on any atom is 0.155 e. The van der Waals surface area contributed by atoms with E-state index in [0.717, 1.165) is 28.1 Å². The number of allylic oxidation sites excluding steroid dienone is 1. The van der Waals surface area contributed by atoms with Crippen LogP contribution in [0, 0.1) is 6.92 Å². The molecule has 1 heterocycles. The Hall–Kier alpha value is -2.59. The molecule has 0 saturated heterocycles. The monoisotopic (exact) mass is 310 g/mol. The van der Waals surface area contributed by atoms with Gasteiger partial charge in [0.2, 0.25) is 0 Å². The van der Waals surface area contributed by atoms with E-state index in [1.807, 2.05) is 66.1 Å². The number of hydrogen-bond acceptors (Lipinski definition) is 2. The Morgan fingerprint density at radius 2 is 1.83 bits per heavy atom. The Morgan fingerprint density at radius 3 is 2.57 bits per heavy atom. The molecule has 0 aliphatic heterocycles. The topological polar surface area (TPSA) is 40.2 Å². The van der Waals surface area contributed by atoms with Gasteiger partial charge in [0.1, 0.15) is 11.6 Å². The van der Waals surface area contributed by atoms with Gasteiger partial charge in [-0.15, -0.1) is 0 Å². The number of para-hydroxylation sites is 2. The van der Waals surface area contributed by atoms with Gasteiger partial charge in [0.15, 0.2) is 5.75 Å². The fourth-order valence-electron chi connectivity index (χ4n) is 2.68. The van der Waals surface area contributed by atoms with Crippen molar-refractivity contribution in [3.63, 3.8) is 0 Å². The minimum atomic E-state index is -0.248. The van der Waals surface area contributed by atoms with Crippen LogP contribution in [0.15, 0.2) is 66.5 Å². The fourth-order valence-corrected chi connectivity index (χ4v) is 2.68. The molecule has 3 rings (SSSR count).